The first-order valence-electron chi connectivity index (χ1n) is 13.9. The van der Waals surface area contributed by atoms with Crippen LogP contribution in [0.15, 0.2) is 58.3 Å². The second-order valence-electron chi connectivity index (χ2n) is 14.3. The van der Waals surface area contributed by atoms with Crippen LogP contribution in [0.5, 0.6) is 0 Å². The molecule has 4 aliphatic rings. The van der Waals surface area contributed by atoms with E-state index in [1.807, 2.05) is 0 Å². The standard InChI is InChI=1S/C28H46N6P4S2/c1-25(2,3)31-35-29-21-17-13-16-20-24(21)40-38-33(27(7,8)9)36(34(38)28(10,11)12)30-22-18-14-15-19-23(22)39-37(31)32(35)26(4,5)6/h13-20,29-30H,1-12H3. The zero-order valence-electron chi connectivity index (χ0n) is 26.0. The van der Waals surface area contributed by atoms with Gasteiger partial charge in [-0.25, -0.2) is 0 Å². The SMILES string of the molecule is CC(C)(C)n1p2n(C(C)(C)C)p1Sc1ccccc1Np1n(C(C)(C)C)p(n1C(C)(C)C)Sc1ccccc1N2. The van der Waals surface area contributed by atoms with Crippen LogP contribution in [0.25, 0.3) is 0 Å². The van der Waals surface area contributed by atoms with Crippen LogP contribution in [-0.2, 0) is 22.2 Å². The van der Waals surface area contributed by atoms with E-state index >= 15 is 0 Å². The van der Waals surface area contributed by atoms with Crippen molar-refractivity contribution in [1.82, 2.24) is 16.4 Å². The fraction of sp³-hybridized carbons (Fsp3) is 0.571. The summed E-state index contributed by atoms with van der Waals surface area (Å²) in [5.74, 6) is 0. The monoisotopic (exact) mass is 654 g/mol. The third-order valence-corrected chi connectivity index (χ3v) is 25.8. The molecule has 0 saturated carbocycles. The van der Waals surface area contributed by atoms with Crippen molar-refractivity contribution in [2.24, 2.45) is 0 Å². The molecular formula is C28H46N6P4S2. The Hall–Kier alpha value is -0.860. The highest BCUT2D eigenvalue weighted by atomic mass is 32.7. The van der Waals surface area contributed by atoms with E-state index in [2.05, 4.69) is 181 Å². The summed E-state index contributed by atoms with van der Waals surface area (Å²) in [6.45, 7) is 28.5. The Balaban J connectivity index is 1.82. The van der Waals surface area contributed by atoms with E-state index in [1.54, 1.807) is 0 Å². The van der Waals surface area contributed by atoms with Gasteiger partial charge in [0.2, 0.25) is 0 Å². The molecule has 220 valence electrons. The number of aromatic nitrogens is 4. The lowest BCUT2D eigenvalue weighted by Gasteiger charge is -2.45. The molecule has 0 atom stereocenters. The van der Waals surface area contributed by atoms with Crippen molar-refractivity contribution in [3.05, 3.63) is 48.5 Å². The number of hydrogen-bond acceptors (Lipinski definition) is 4. The molecule has 6 heterocycles. The Morgan fingerprint density at radius 1 is 0.475 bits per heavy atom. The minimum Gasteiger partial charge on any atom is -0.314 e. The van der Waals surface area contributed by atoms with Gasteiger partial charge in [-0.05, 0) is 130 Å². The maximum atomic E-state index is 4.12. The molecule has 4 aliphatic heterocycles. The predicted octanol–water partition coefficient (Wildman–Crippen LogP) is 12.2. The fourth-order valence-electron chi connectivity index (χ4n) is 4.72. The third kappa shape index (κ3) is 5.59. The lowest BCUT2D eigenvalue weighted by Crippen LogP contribution is -2.33. The summed E-state index contributed by atoms with van der Waals surface area (Å²) < 4.78 is 11.1. The molecule has 0 unspecified atom stereocenters. The van der Waals surface area contributed by atoms with Gasteiger partial charge in [-0.1, -0.05) is 24.3 Å². The maximum absolute atomic E-state index is 4.12. The minimum absolute atomic E-state index is 0.0447. The van der Waals surface area contributed by atoms with Crippen LogP contribution in [0.2, 0.25) is 0 Å². The van der Waals surface area contributed by atoms with E-state index in [0.29, 0.717) is 0 Å². The Labute approximate surface area is 253 Å². The van der Waals surface area contributed by atoms with E-state index < -0.39 is 30.1 Å². The van der Waals surface area contributed by atoms with Gasteiger partial charge in [0.25, 0.3) is 0 Å². The molecule has 0 fully saturated rings. The highest BCUT2D eigenvalue weighted by Gasteiger charge is 2.37. The summed E-state index contributed by atoms with van der Waals surface area (Å²) in [5.41, 5.74) is 2.69. The Morgan fingerprint density at radius 3 is 1.02 bits per heavy atom. The van der Waals surface area contributed by atoms with E-state index in [9.17, 15) is 0 Å². The van der Waals surface area contributed by atoms with Crippen LogP contribution in [-0.4, -0.2) is 16.4 Å². The first-order valence-corrected chi connectivity index (χ1v) is 21.7. The molecule has 0 amide bonds. The number of anilines is 2. The van der Waals surface area contributed by atoms with Gasteiger partial charge in [-0.2, -0.15) is 0 Å². The molecule has 6 nitrogen and oxygen atoms in total. The lowest BCUT2D eigenvalue weighted by molar-refractivity contribution is 0.410. The number of nitrogens with one attached hydrogen (secondary N) is 2. The highest BCUT2D eigenvalue weighted by Crippen LogP contribution is 2.67. The largest absolute Gasteiger partial charge is 0.314 e. The number of para-hydroxylation sites is 2. The maximum Gasteiger partial charge on any atom is 0.143 e. The van der Waals surface area contributed by atoms with Crippen molar-refractivity contribution in [3.8, 4) is 0 Å². The van der Waals surface area contributed by atoms with Gasteiger partial charge < -0.3 is 10.2 Å². The van der Waals surface area contributed by atoms with Gasteiger partial charge in [0.1, 0.15) is 30.1 Å². The number of rotatable bonds is 0. The third-order valence-electron chi connectivity index (χ3n) is 6.34. The second kappa shape index (κ2) is 10.4. The van der Waals surface area contributed by atoms with E-state index in [0.717, 1.165) is 0 Å². The summed E-state index contributed by atoms with van der Waals surface area (Å²) in [7, 11) is -2.69. The van der Waals surface area contributed by atoms with Crippen LogP contribution in [0.4, 0.5) is 11.4 Å². The Kier molecular flexibility index (Phi) is 7.95. The molecule has 0 spiro atoms. The van der Waals surface area contributed by atoms with Crippen molar-refractivity contribution < 1.29 is 0 Å². The molecule has 2 aromatic carbocycles. The van der Waals surface area contributed by atoms with Crippen LogP contribution in [0.3, 0.4) is 0 Å². The molecular weight excluding hydrogens is 608 g/mol. The topological polar surface area (TPSA) is 43.8 Å². The average molecular weight is 655 g/mol. The Morgan fingerprint density at radius 2 is 0.750 bits per heavy atom. The van der Waals surface area contributed by atoms with E-state index in [1.165, 1.54) is 21.2 Å². The van der Waals surface area contributed by atoms with Crippen LogP contribution >= 0.6 is 52.9 Å². The first-order chi connectivity index (χ1) is 18.4. The summed E-state index contributed by atoms with van der Waals surface area (Å²) in [6, 6.07) is 18.0. The number of benzene rings is 2. The molecule has 40 heavy (non-hydrogen) atoms. The molecule has 0 radical (unpaired) electrons. The lowest BCUT2D eigenvalue weighted by atomic mass is 10.1. The molecule has 2 aromatic heterocycles. The van der Waals surface area contributed by atoms with E-state index in [4.69, 9.17) is 0 Å². The summed E-state index contributed by atoms with van der Waals surface area (Å²) in [5, 5.41) is 8.25. The molecule has 0 saturated heterocycles. The average Bonchev–Trinajstić information content (AvgIpc) is 2.74. The summed E-state index contributed by atoms with van der Waals surface area (Å²) in [4.78, 5) is 2.69. The van der Waals surface area contributed by atoms with Gasteiger partial charge in [-0.3, -0.25) is 16.4 Å². The van der Waals surface area contributed by atoms with Crippen molar-refractivity contribution in [2.45, 2.75) is 115 Å². The van der Waals surface area contributed by atoms with Crippen molar-refractivity contribution in [2.75, 3.05) is 10.2 Å². The smallest absolute Gasteiger partial charge is 0.143 e. The van der Waals surface area contributed by atoms with Crippen LogP contribution < -0.4 is 10.2 Å². The molecule has 2 N–H and O–H groups in total. The number of hydrogen-bond donors (Lipinski definition) is 2. The second-order valence-corrected chi connectivity index (χ2v) is 25.7. The fourth-order valence-corrected chi connectivity index (χ4v) is 25.8. The van der Waals surface area contributed by atoms with Crippen LogP contribution in [0, 0.1) is 0 Å². The zero-order chi connectivity index (χ0) is 29.4. The predicted molar refractivity (Wildman–Crippen MR) is 187 cm³/mol. The summed E-state index contributed by atoms with van der Waals surface area (Å²) in [6.07, 6.45) is 0. The molecule has 8 rings (SSSR count). The number of nitrogens with zero attached hydrogens (tertiary/aromatic N) is 4. The zero-order valence-corrected chi connectivity index (χ0v) is 31.2. The molecule has 4 aromatic rings. The highest BCUT2D eigenvalue weighted by molar-refractivity contribution is 8.52. The molecule has 4 bridgehead atoms. The first kappa shape index (κ1) is 30.6. The molecule has 0 aliphatic carbocycles. The van der Waals surface area contributed by atoms with E-state index in [-0.39, 0.29) is 22.2 Å². The Bertz CT molecular complexity index is 1290. The van der Waals surface area contributed by atoms with Gasteiger partial charge in [0, 0.05) is 31.9 Å². The van der Waals surface area contributed by atoms with Gasteiger partial charge in [0.05, 0.1) is 11.4 Å². The minimum atomic E-state index is -0.729. The van der Waals surface area contributed by atoms with Gasteiger partial charge in [0.15, 0.2) is 0 Å². The van der Waals surface area contributed by atoms with Crippen molar-refractivity contribution in [3.63, 3.8) is 0 Å². The van der Waals surface area contributed by atoms with Crippen LogP contribution in [0.1, 0.15) is 83.1 Å². The van der Waals surface area contributed by atoms with Gasteiger partial charge >= 0.3 is 0 Å². The van der Waals surface area contributed by atoms with Crippen molar-refractivity contribution in [1.29, 1.82) is 0 Å². The molecule has 12 heteroatoms. The normalized spacial score (nSPS) is 16.5. The van der Waals surface area contributed by atoms with Crippen molar-refractivity contribution >= 4 is 64.2 Å². The van der Waals surface area contributed by atoms with Gasteiger partial charge in [-0.15, -0.1) is 0 Å². The summed E-state index contributed by atoms with van der Waals surface area (Å²) >= 11 is 4.11. The quantitative estimate of drug-likeness (QED) is 0.174.